The zero-order valence-corrected chi connectivity index (χ0v) is 17.6. The van der Waals surface area contributed by atoms with Crippen LogP contribution in [0, 0.1) is 5.82 Å². The molecule has 30 heavy (non-hydrogen) atoms. The Balaban J connectivity index is 1.99. The van der Waals surface area contributed by atoms with E-state index in [4.69, 9.17) is 16.3 Å². The van der Waals surface area contributed by atoms with Gasteiger partial charge in [0, 0.05) is 5.02 Å². The molecule has 4 rings (SSSR count). The monoisotopic (exact) mass is 442 g/mol. The second-order valence-electron chi connectivity index (χ2n) is 6.65. The molecule has 1 aliphatic rings. The predicted octanol–water partition coefficient (Wildman–Crippen LogP) is 3.20. The molecule has 2 aromatic carbocycles. The number of rotatable bonds is 3. The lowest BCUT2D eigenvalue weighted by Crippen LogP contribution is -2.39. The Bertz CT molecular complexity index is 1360. The van der Waals surface area contributed by atoms with Crippen molar-refractivity contribution in [3.63, 3.8) is 0 Å². The van der Waals surface area contributed by atoms with Crippen LogP contribution in [0.4, 0.5) is 4.39 Å². The topological polar surface area (TPSA) is 60.7 Å². The molecule has 5 nitrogen and oxygen atoms in total. The number of thiazole rings is 1. The molecule has 0 fully saturated rings. The van der Waals surface area contributed by atoms with Gasteiger partial charge in [0.1, 0.15) is 5.82 Å². The van der Waals surface area contributed by atoms with Crippen LogP contribution in [0.5, 0.6) is 0 Å². The van der Waals surface area contributed by atoms with Crippen LogP contribution in [0.2, 0.25) is 5.02 Å². The number of allylic oxidation sites excluding steroid dienone is 1. The fourth-order valence-corrected chi connectivity index (χ4v) is 4.61. The number of carbonyl (C=O) groups excluding carboxylic acids is 1. The Morgan fingerprint density at radius 2 is 1.93 bits per heavy atom. The van der Waals surface area contributed by atoms with E-state index in [0.29, 0.717) is 31.2 Å². The summed E-state index contributed by atoms with van der Waals surface area (Å²) in [5.74, 6) is -1.00. The number of aromatic nitrogens is 1. The van der Waals surface area contributed by atoms with Crippen LogP contribution in [-0.4, -0.2) is 17.6 Å². The summed E-state index contributed by atoms with van der Waals surface area (Å²) in [5, 5.41) is 0.518. The summed E-state index contributed by atoms with van der Waals surface area (Å²) in [6.45, 7) is 1.69. The predicted molar refractivity (Wildman–Crippen MR) is 114 cm³/mol. The van der Waals surface area contributed by atoms with Crippen LogP contribution in [0.25, 0.3) is 6.08 Å². The molecule has 1 aliphatic heterocycles. The van der Waals surface area contributed by atoms with Crippen LogP contribution in [-0.2, 0) is 9.53 Å². The average molecular weight is 443 g/mol. The third-order valence-corrected chi connectivity index (χ3v) is 6.13. The summed E-state index contributed by atoms with van der Waals surface area (Å²) in [4.78, 5) is 30.8. The smallest absolute Gasteiger partial charge is 0.338 e. The molecule has 0 saturated heterocycles. The number of nitrogens with zero attached hydrogens (tertiary/aromatic N) is 2. The van der Waals surface area contributed by atoms with Crippen molar-refractivity contribution >= 4 is 35.0 Å². The van der Waals surface area contributed by atoms with E-state index in [-0.39, 0.29) is 11.1 Å². The Morgan fingerprint density at radius 3 is 2.60 bits per heavy atom. The van der Waals surface area contributed by atoms with Gasteiger partial charge in [-0.2, -0.15) is 0 Å². The van der Waals surface area contributed by atoms with Gasteiger partial charge in [-0.3, -0.25) is 9.36 Å². The molecule has 2 heterocycles. The lowest BCUT2D eigenvalue weighted by Gasteiger charge is -2.24. The third-order valence-electron chi connectivity index (χ3n) is 4.80. The standard InChI is InChI=1S/C22H16ClFN2O3S/c1-12-18(21(28)29-2)19(13-7-9-15(24)10-8-13)26-20(27)17(30-22(26)25-12)11-14-5-3-4-6-16(14)23/h3-11,19H,1-2H3/b17-11+/t19-/m1/s1. The first kappa shape index (κ1) is 20.3. The first-order chi connectivity index (χ1) is 14.4. The van der Waals surface area contributed by atoms with Crippen LogP contribution in [0.1, 0.15) is 24.1 Å². The summed E-state index contributed by atoms with van der Waals surface area (Å²) in [6.07, 6.45) is 1.70. The minimum atomic E-state index is -0.775. The second kappa shape index (κ2) is 8.01. The number of methoxy groups -OCH3 is 1. The number of carbonyl (C=O) groups is 1. The molecule has 0 radical (unpaired) electrons. The number of ether oxygens (including phenoxy) is 1. The lowest BCUT2D eigenvalue weighted by atomic mass is 9.96. The Kier molecular flexibility index (Phi) is 5.40. The number of hydrogen-bond donors (Lipinski definition) is 0. The Hall–Kier alpha value is -3.03. The van der Waals surface area contributed by atoms with Gasteiger partial charge >= 0.3 is 5.97 Å². The average Bonchev–Trinajstić information content (AvgIpc) is 3.03. The highest BCUT2D eigenvalue weighted by Gasteiger charge is 2.33. The van der Waals surface area contributed by atoms with Crippen molar-refractivity contribution in [2.75, 3.05) is 7.11 Å². The molecule has 0 saturated carbocycles. The van der Waals surface area contributed by atoms with Crippen LogP contribution >= 0.6 is 22.9 Å². The van der Waals surface area contributed by atoms with E-state index in [1.807, 2.05) is 18.2 Å². The molecule has 0 amide bonds. The molecule has 0 aliphatic carbocycles. The molecular formula is C22H16ClFN2O3S. The van der Waals surface area contributed by atoms with Gasteiger partial charge in [0.15, 0.2) is 4.80 Å². The minimum absolute atomic E-state index is 0.237. The van der Waals surface area contributed by atoms with E-state index in [1.54, 1.807) is 31.2 Å². The second-order valence-corrected chi connectivity index (χ2v) is 8.06. The molecule has 1 atom stereocenters. The Morgan fingerprint density at radius 1 is 1.23 bits per heavy atom. The molecule has 3 aromatic rings. The highest BCUT2D eigenvalue weighted by atomic mass is 35.5. The lowest BCUT2D eigenvalue weighted by molar-refractivity contribution is -0.136. The molecule has 0 unspecified atom stereocenters. The van der Waals surface area contributed by atoms with E-state index in [1.165, 1.54) is 35.1 Å². The first-order valence-corrected chi connectivity index (χ1v) is 10.2. The third kappa shape index (κ3) is 3.51. The van der Waals surface area contributed by atoms with Gasteiger partial charge < -0.3 is 4.74 Å². The maximum absolute atomic E-state index is 13.5. The molecule has 0 bridgehead atoms. The van der Waals surface area contributed by atoms with E-state index in [2.05, 4.69) is 4.99 Å². The van der Waals surface area contributed by atoms with Crippen molar-refractivity contribution < 1.29 is 13.9 Å². The quantitative estimate of drug-likeness (QED) is 0.585. The molecule has 0 spiro atoms. The van der Waals surface area contributed by atoms with Gasteiger partial charge in [0.25, 0.3) is 5.56 Å². The van der Waals surface area contributed by atoms with Gasteiger partial charge in [-0.05, 0) is 42.3 Å². The zero-order valence-electron chi connectivity index (χ0n) is 16.1. The Labute approximate surface area is 180 Å². The van der Waals surface area contributed by atoms with E-state index < -0.39 is 17.8 Å². The normalized spacial score (nSPS) is 16.3. The maximum Gasteiger partial charge on any atom is 0.338 e. The van der Waals surface area contributed by atoms with Crippen molar-refractivity contribution in [2.45, 2.75) is 13.0 Å². The number of halogens is 2. The number of fused-ring (bicyclic) bond motifs is 1. The van der Waals surface area contributed by atoms with E-state index in [0.717, 1.165) is 0 Å². The largest absolute Gasteiger partial charge is 0.466 e. The van der Waals surface area contributed by atoms with E-state index in [9.17, 15) is 14.0 Å². The molecular weight excluding hydrogens is 427 g/mol. The van der Waals surface area contributed by atoms with Crippen LogP contribution < -0.4 is 14.9 Å². The summed E-state index contributed by atoms with van der Waals surface area (Å²) in [5.41, 5.74) is 1.65. The molecule has 1 aromatic heterocycles. The van der Waals surface area contributed by atoms with Gasteiger partial charge in [-0.1, -0.05) is 53.3 Å². The zero-order chi connectivity index (χ0) is 21.4. The fourth-order valence-electron chi connectivity index (χ4n) is 3.39. The first-order valence-electron chi connectivity index (χ1n) is 9.01. The summed E-state index contributed by atoms with van der Waals surface area (Å²) in [7, 11) is 1.27. The van der Waals surface area contributed by atoms with Crippen molar-refractivity contribution in [1.82, 2.24) is 4.57 Å². The van der Waals surface area contributed by atoms with Gasteiger partial charge in [-0.15, -0.1) is 0 Å². The SMILES string of the molecule is COC(=O)C1=C(C)N=c2s/c(=C/c3ccccc3Cl)c(=O)n2[C@@H]1c1ccc(F)cc1. The van der Waals surface area contributed by atoms with Gasteiger partial charge in [-0.25, -0.2) is 14.2 Å². The highest BCUT2D eigenvalue weighted by molar-refractivity contribution is 7.07. The summed E-state index contributed by atoms with van der Waals surface area (Å²) in [6, 6.07) is 12.1. The summed E-state index contributed by atoms with van der Waals surface area (Å²) >= 11 is 7.44. The minimum Gasteiger partial charge on any atom is -0.466 e. The van der Waals surface area contributed by atoms with Crippen molar-refractivity contribution in [2.24, 2.45) is 4.99 Å². The summed E-state index contributed by atoms with van der Waals surface area (Å²) < 4.78 is 20.3. The number of esters is 1. The van der Waals surface area contributed by atoms with Gasteiger partial charge in [0.2, 0.25) is 0 Å². The fraction of sp³-hybridized carbons (Fsp3) is 0.136. The number of hydrogen-bond acceptors (Lipinski definition) is 5. The maximum atomic E-state index is 13.5. The molecule has 0 N–H and O–H groups in total. The molecule has 8 heteroatoms. The van der Waals surface area contributed by atoms with E-state index >= 15 is 0 Å². The van der Waals surface area contributed by atoms with Crippen LogP contribution in [0.15, 0.2) is 69.6 Å². The molecule has 152 valence electrons. The van der Waals surface area contributed by atoms with Crippen molar-refractivity contribution in [3.05, 3.63) is 101 Å². The van der Waals surface area contributed by atoms with Crippen molar-refractivity contribution in [1.29, 1.82) is 0 Å². The number of benzene rings is 2. The van der Waals surface area contributed by atoms with Crippen LogP contribution in [0.3, 0.4) is 0 Å². The van der Waals surface area contributed by atoms with Crippen molar-refractivity contribution in [3.8, 4) is 0 Å². The highest BCUT2D eigenvalue weighted by Crippen LogP contribution is 2.30. The van der Waals surface area contributed by atoms with Gasteiger partial charge in [0.05, 0.1) is 29.0 Å².